The van der Waals surface area contributed by atoms with Gasteiger partial charge in [-0.15, -0.1) is 0 Å². The fourth-order valence-corrected chi connectivity index (χ4v) is 2.83. The number of aromatic amines is 1. The lowest BCUT2D eigenvalue weighted by atomic mass is 10.3. The molecule has 0 radical (unpaired) electrons. The monoisotopic (exact) mass is 409 g/mol. The average Bonchev–Trinajstić information content (AvgIpc) is 3.03. The molecule has 0 aliphatic carbocycles. The molecule has 1 aromatic carbocycles. The first kappa shape index (κ1) is 19.9. The summed E-state index contributed by atoms with van der Waals surface area (Å²) < 4.78 is 8.19. The number of nitrogens with zero attached hydrogens (tertiary/aromatic N) is 3. The van der Waals surface area contributed by atoms with Crippen LogP contribution in [0.25, 0.3) is 11.2 Å². The molecule has 0 amide bonds. The number of hydrogen-bond donors (Lipinski definition) is 4. The summed E-state index contributed by atoms with van der Waals surface area (Å²) in [6, 6.07) is 6.69. The van der Waals surface area contributed by atoms with E-state index in [0.29, 0.717) is 10.8 Å². The van der Waals surface area contributed by atoms with E-state index in [2.05, 4.69) is 15.3 Å². The van der Waals surface area contributed by atoms with Crippen LogP contribution in [0.15, 0.2) is 33.9 Å². The molecule has 0 aliphatic rings. The lowest BCUT2D eigenvalue weighted by molar-refractivity contribution is 0.0938. The Labute approximate surface area is 164 Å². The number of rotatable bonds is 8. The first-order valence-electron chi connectivity index (χ1n) is 8.51. The number of aromatic nitrogens is 4. The molecule has 0 fully saturated rings. The summed E-state index contributed by atoms with van der Waals surface area (Å²) in [5.41, 5.74) is -0.913. The van der Waals surface area contributed by atoms with Gasteiger partial charge in [-0.1, -0.05) is 11.6 Å². The number of imidazole rings is 1. The van der Waals surface area contributed by atoms with Gasteiger partial charge in [-0.25, -0.2) is 4.79 Å². The summed E-state index contributed by atoms with van der Waals surface area (Å²) in [5, 5.41) is 22.9. The van der Waals surface area contributed by atoms with Crippen LogP contribution in [0.3, 0.4) is 0 Å². The smallest absolute Gasteiger partial charge is 0.329 e. The fraction of sp³-hybridized carbons (Fsp3) is 0.353. The Morgan fingerprint density at radius 3 is 2.71 bits per heavy atom. The van der Waals surface area contributed by atoms with Gasteiger partial charge in [0.15, 0.2) is 11.2 Å². The second-order valence-electron chi connectivity index (χ2n) is 6.11. The van der Waals surface area contributed by atoms with Crippen LogP contribution in [-0.2, 0) is 13.6 Å². The van der Waals surface area contributed by atoms with Crippen molar-refractivity contribution in [2.24, 2.45) is 7.05 Å². The number of anilines is 1. The molecule has 0 saturated carbocycles. The van der Waals surface area contributed by atoms with Gasteiger partial charge >= 0.3 is 5.69 Å². The van der Waals surface area contributed by atoms with E-state index in [4.69, 9.17) is 21.4 Å². The molecule has 0 bridgehead atoms. The van der Waals surface area contributed by atoms with Gasteiger partial charge in [-0.05, 0) is 24.3 Å². The van der Waals surface area contributed by atoms with E-state index in [0.717, 1.165) is 0 Å². The number of aliphatic hydroxyl groups is 2. The predicted molar refractivity (Wildman–Crippen MR) is 104 cm³/mol. The third kappa shape index (κ3) is 4.19. The predicted octanol–water partition coefficient (Wildman–Crippen LogP) is -0.0792. The molecule has 3 aromatic rings. The fourth-order valence-electron chi connectivity index (χ4n) is 2.70. The van der Waals surface area contributed by atoms with Crippen LogP contribution in [0.4, 0.5) is 5.95 Å². The lowest BCUT2D eigenvalue weighted by Gasteiger charge is -2.15. The zero-order valence-corrected chi connectivity index (χ0v) is 15.8. The topological polar surface area (TPSA) is 134 Å². The van der Waals surface area contributed by atoms with Crippen molar-refractivity contribution in [3.63, 3.8) is 0 Å². The Hall–Kier alpha value is -2.82. The number of ether oxygens (including phenoxy) is 1. The second kappa shape index (κ2) is 8.46. The molecule has 0 unspecified atom stereocenters. The van der Waals surface area contributed by atoms with Gasteiger partial charge in [0.2, 0.25) is 5.95 Å². The third-order valence-corrected chi connectivity index (χ3v) is 4.30. The Morgan fingerprint density at radius 2 is 2.04 bits per heavy atom. The molecule has 1 atom stereocenters. The van der Waals surface area contributed by atoms with Gasteiger partial charge in [0.1, 0.15) is 18.5 Å². The second-order valence-corrected chi connectivity index (χ2v) is 6.54. The summed E-state index contributed by atoms with van der Waals surface area (Å²) in [7, 11) is 1.48. The van der Waals surface area contributed by atoms with Crippen molar-refractivity contribution in [3.05, 3.63) is 50.1 Å². The molecular weight excluding hydrogens is 390 g/mol. The van der Waals surface area contributed by atoms with Crippen LogP contribution < -0.4 is 21.3 Å². The molecule has 0 aliphatic heterocycles. The summed E-state index contributed by atoms with van der Waals surface area (Å²) in [4.78, 5) is 30.6. The van der Waals surface area contributed by atoms with E-state index >= 15 is 0 Å². The molecule has 2 heterocycles. The maximum atomic E-state index is 12.3. The van der Waals surface area contributed by atoms with E-state index in [9.17, 15) is 14.7 Å². The minimum atomic E-state index is -0.973. The number of aliphatic hydroxyl groups excluding tert-OH is 2. The highest BCUT2D eigenvalue weighted by atomic mass is 35.5. The summed E-state index contributed by atoms with van der Waals surface area (Å²) in [6.07, 6.45) is -0.973. The Morgan fingerprint density at radius 1 is 1.32 bits per heavy atom. The number of benzene rings is 1. The van der Waals surface area contributed by atoms with Gasteiger partial charge in [0, 0.05) is 18.6 Å². The standard InChI is InChI=1S/C17H20ClN5O5/c1-22-14-13(15(26)21-17(22)27)23(16(20-14)19-6-7-24)8-11(25)9-28-12-4-2-10(18)3-5-12/h2-5,11,24-25H,6-9H2,1H3,(H,19,20)(H,21,26,27)/t11-/m1/s1. The van der Waals surface area contributed by atoms with Crippen molar-refractivity contribution in [1.29, 1.82) is 0 Å². The van der Waals surface area contributed by atoms with Crippen molar-refractivity contribution in [3.8, 4) is 5.75 Å². The minimum Gasteiger partial charge on any atom is -0.491 e. The van der Waals surface area contributed by atoms with E-state index < -0.39 is 17.4 Å². The number of fused-ring (bicyclic) bond motifs is 1. The van der Waals surface area contributed by atoms with E-state index in [-0.39, 0.29) is 43.4 Å². The normalized spacial score (nSPS) is 12.3. The molecule has 0 saturated heterocycles. The van der Waals surface area contributed by atoms with Gasteiger partial charge in [0.25, 0.3) is 5.56 Å². The minimum absolute atomic E-state index is 0.0147. The van der Waals surface area contributed by atoms with Crippen molar-refractivity contribution in [2.75, 3.05) is 25.1 Å². The van der Waals surface area contributed by atoms with Gasteiger partial charge in [0.05, 0.1) is 13.2 Å². The summed E-state index contributed by atoms with van der Waals surface area (Å²) >= 11 is 5.83. The number of H-pyrrole nitrogens is 1. The highest BCUT2D eigenvalue weighted by Gasteiger charge is 2.19. The zero-order chi connectivity index (χ0) is 20.3. The lowest BCUT2D eigenvalue weighted by Crippen LogP contribution is -2.31. The van der Waals surface area contributed by atoms with Crippen LogP contribution in [0.1, 0.15) is 0 Å². The van der Waals surface area contributed by atoms with E-state index in [1.54, 1.807) is 24.3 Å². The van der Waals surface area contributed by atoms with Crippen molar-refractivity contribution in [1.82, 2.24) is 19.1 Å². The Balaban J connectivity index is 1.87. The quantitative estimate of drug-likeness (QED) is 0.408. The Kier molecular flexibility index (Phi) is 6.02. The van der Waals surface area contributed by atoms with Crippen molar-refractivity contribution >= 4 is 28.7 Å². The first-order valence-corrected chi connectivity index (χ1v) is 8.89. The van der Waals surface area contributed by atoms with Crippen LogP contribution >= 0.6 is 11.6 Å². The van der Waals surface area contributed by atoms with Gasteiger partial charge in [-0.2, -0.15) is 4.98 Å². The maximum absolute atomic E-state index is 12.3. The van der Waals surface area contributed by atoms with Crippen molar-refractivity contribution in [2.45, 2.75) is 12.6 Å². The van der Waals surface area contributed by atoms with Crippen molar-refractivity contribution < 1.29 is 14.9 Å². The van der Waals surface area contributed by atoms with Gasteiger partial charge < -0.3 is 24.8 Å². The molecule has 28 heavy (non-hydrogen) atoms. The highest BCUT2D eigenvalue weighted by Crippen LogP contribution is 2.18. The summed E-state index contributed by atoms with van der Waals surface area (Å²) in [6.45, 7) is -0.0170. The largest absolute Gasteiger partial charge is 0.491 e. The third-order valence-electron chi connectivity index (χ3n) is 4.05. The molecule has 2 aromatic heterocycles. The van der Waals surface area contributed by atoms with Crippen LogP contribution in [0.2, 0.25) is 5.02 Å². The number of halogens is 1. The van der Waals surface area contributed by atoms with Crippen LogP contribution in [0, 0.1) is 0 Å². The molecule has 3 rings (SSSR count). The molecule has 150 valence electrons. The first-order chi connectivity index (χ1) is 13.4. The molecule has 11 heteroatoms. The molecule has 10 nitrogen and oxygen atoms in total. The highest BCUT2D eigenvalue weighted by molar-refractivity contribution is 6.30. The molecular formula is C17H20ClN5O5. The van der Waals surface area contributed by atoms with E-state index in [1.165, 1.54) is 16.2 Å². The molecule has 0 spiro atoms. The number of nitrogens with one attached hydrogen (secondary N) is 2. The SMILES string of the molecule is Cn1c(=O)[nH]c(=O)c2c1nc(NCCO)n2C[C@@H](O)COc1ccc(Cl)cc1. The van der Waals surface area contributed by atoms with Crippen LogP contribution in [0.5, 0.6) is 5.75 Å². The zero-order valence-electron chi connectivity index (χ0n) is 15.1. The van der Waals surface area contributed by atoms with E-state index in [1.807, 2.05) is 0 Å². The Bertz CT molecular complexity index is 1070. The average molecular weight is 410 g/mol. The maximum Gasteiger partial charge on any atom is 0.329 e. The van der Waals surface area contributed by atoms with Crippen LogP contribution in [-0.4, -0.2) is 55.2 Å². The van der Waals surface area contributed by atoms with Gasteiger partial charge in [-0.3, -0.25) is 14.3 Å². The molecule has 4 N–H and O–H groups in total. The summed E-state index contributed by atoms with van der Waals surface area (Å²) in [5.74, 6) is 0.791. The number of hydrogen-bond acceptors (Lipinski definition) is 7. The number of aryl methyl sites for hydroxylation is 1.